The predicted octanol–water partition coefficient (Wildman–Crippen LogP) is 4.36. The van der Waals surface area contributed by atoms with Crippen molar-refractivity contribution in [2.45, 2.75) is 45.6 Å². The number of aromatic nitrogens is 6. The molecule has 0 bridgehead atoms. The molecule has 0 unspecified atom stereocenters. The summed E-state index contributed by atoms with van der Waals surface area (Å²) in [6.45, 7) is 3.46. The van der Waals surface area contributed by atoms with Crippen LogP contribution in [0.1, 0.15) is 47.8 Å². The largest absolute Gasteiger partial charge is 0.300 e. The molecule has 0 saturated heterocycles. The van der Waals surface area contributed by atoms with E-state index in [2.05, 4.69) is 25.5 Å². The van der Waals surface area contributed by atoms with Gasteiger partial charge in [0.05, 0.1) is 23.0 Å². The zero-order chi connectivity index (χ0) is 22.6. The molecule has 1 N–H and O–H groups in total. The van der Waals surface area contributed by atoms with Crippen molar-refractivity contribution >= 4 is 33.4 Å². The topological polar surface area (TPSA) is 90.5 Å². The number of aryl methyl sites for hydroxylation is 2. The average Bonchev–Trinajstić information content (AvgIpc) is 3.32. The van der Waals surface area contributed by atoms with E-state index in [1.807, 2.05) is 19.4 Å². The quantitative estimate of drug-likeness (QED) is 0.465. The van der Waals surface area contributed by atoms with E-state index < -0.39 is 6.43 Å². The number of amides is 1. The highest BCUT2D eigenvalue weighted by Crippen LogP contribution is 2.42. The lowest BCUT2D eigenvalue weighted by Gasteiger charge is -2.08. The third kappa shape index (κ3) is 3.66. The van der Waals surface area contributed by atoms with Crippen LogP contribution in [-0.4, -0.2) is 35.4 Å². The SMILES string of the molecule is Cc1nn(CC(=O)Nc2nc(-c3cnn(C)c3C)cs2)c2nc(C3CC3)cc(C(F)F)c12. The minimum Gasteiger partial charge on any atom is -0.300 e. The molecular formula is C21H21F2N7OS. The Kier molecular flexibility index (Phi) is 5.00. The van der Waals surface area contributed by atoms with Crippen LogP contribution in [0.15, 0.2) is 17.6 Å². The lowest BCUT2D eigenvalue weighted by atomic mass is 10.1. The van der Waals surface area contributed by atoms with Gasteiger partial charge >= 0.3 is 0 Å². The summed E-state index contributed by atoms with van der Waals surface area (Å²) in [6, 6.07) is 1.49. The first kappa shape index (κ1) is 20.7. The summed E-state index contributed by atoms with van der Waals surface area (Å²) in [4.78, 5) is 21.8. The summed E-state index contributed by atoms with van der Waals surface area (Å²) in [5.41, 5.74) is 3.93. The summed E-state index contributed by atoms with van der Waals surface area (Å²) in [6.07, 6.45) is 0.987. The average molecular weight is 458 g/mol. The Morgan fingerprint density at radius 1 is 1.31 bits per heavy atom. The van der Waals surface area contributed by atoms with Crippen LogP contribution in [0.3, 0.4) is 0 Å². The third-order valence-electron chi connectivity index (χ3n) is 5.71. The Bertz CT molecular complexity index is 1340. The van der Waals surface area contributed by atoms with E-state index in [9.17, 15) is 13.6 Å². The molecule has 0 atom stereocenters. The molecule has 0 spiro atoms. The molecule has 4 aromatic rings. The molecule has 1 amide bonds. The fraction of sp³-hybridized carbons (Fsp3) is 0.381. The second-order valence-electron chi connectivity index (χ2n) is 8.01. The number of nitrogens with zero attached hydrogens (tertiary/aromatic N) is 6. The molecule has 11 heteroatoms. The van der Waals surface area contributed by atoms with Crippen LogP contribution in [0.5, 0.6) is 0 Å². The van der Waals surface area contributed by atoms with Crippen molar-refractivity contribution in [3.63, 3.8) is 0 Å². The van der Waals surface area contributed by atoms with Crippen molar-refractivity contribution in [3.8, 4) is 11.3 Å². The molecule has 1 fully saturated rings. The highest BCUT2D eigenvalue weighted by atomic mass is 32.1. The summed E-state index contributed by atoms with van der Waals surface area (Å²) in [5, 5.41) is 13.9. The van der Waals surface area contributed by atoms with Crippen LogP contribution in [0.4, 0.5) is 13.9 Å². The van der Waals surface area contributed by atoms with Gasteiger partial charge in [-0.15, -0.1) is 11.3 Å². The second-order valence-corrected chi connectivity index (χ2v) is 8.86. The Morgan fingerprint density at radius 3 is 2.75 bits per heavy atom. The maximum absolute atomic E-state index is 13.7. The highest BCUT2D eigenvalue weighted by molar-refractivity contribution is 7.14. The van der Waals surface area contributed by atoms with Gasteiger partial charge in [-0.25, -0.2) is 23.4 Å². The number of nitrogens with one attached hydrogen (secondary N) is 1. The highest BCUT2D eigenvalue weighted by Gasteiger charge is 2.29. The Morgan fingerprint density at radius 2 is 2.09 bits per heavy atom. The molecule has 166 valence electrons. The van der Waals surface area contributed by atoms with Crippen LogP contribution < -0.4 is 5.32 Å². The van der Waals surface area contributed by atoms with E-state index in [0.717, 1.165) is 29.8 Å². The van der Waals surface area contributed by atoms with E-state index in [-0.39, 0.29) is 23.9 Å². The summed E-state index contributed by atoms with van der Waals surface area (Å²) >= 11 is 1.31. The number of fused-ring (bicyclic) bond motifs is 1. The van der Waals surface area contributed by atoms with Gasteiger partial charge in [-0.1, -0.05) is 0 Å². The van der Waals surface area contributed by atoms with Gasteiger partial charge in [0.2, 0.25) is 5.91 Å². The number of pyridine rings is 1. The summed E-state index contributed by atoms with van der Waals surface area (Å²) < 4.78 is 30.6. The number of carbonyl (C=O) groups excluding carboxylic acids is 1. The fourth-order valence-electron chi connectivity index (χ4n) is 3.78. The normalized spacial score (nSPS) is 13.9. The van der Waals surface area contributed by atoms with Crippen molar-refractivity contribution in [3.05, 3.63) is 40.3 Å². The number of rotatable bonds is 6. The Balaban J connectivity index is 1.40. The Labute approximate surface area is 186 Å². The van der Waals surface area contributed by atoms with E-state index >= 15 is 0 Å². The van der Waals surface area contributed by atoms with Crippen LogP contribution in [0.25, 0.3) is 22.3 Å². The van der Waals surface area contributed by atoms with E-state index in [0.29, 0.717) is 27.6 Å². The number of carbonyl (C=O) groups is 1. The second kappa shape index (κ2) is 7.73. The van der Waals surface area contributed by atoms with Crippen molar-refractivity contribution in [1.82, 2.24) is 29.5 Å². The molecule has 0 aromatic carbocycles. The molecule has 4 heterocycles. The summed E-state index contributed by atoms with van der Waals surface area (Å²) in [7, 11) is 1.85. The molecule has 1 saturated carbocycles. The molecule has 1 aliphatic rings. The van der Waals surface area contributed by atoms with Crippen molar-refractivity contribution < 1.29 is 13.6 Å². The minimum absolute atomic E-state index is 0.0718. The van der Waals surface area contributed by atoms with Crippen molar-refractivity contribution in [2.75, 3.05) is 5.32 Å². The standard InChI is InChI=1S/C21H21F2N7OS/c1-10-18-13(19(22)23)6-15(12-4-5-12)25-20(18)30(28-10)8-17(31)27-21-26-16(9-32-21)14-7-24-29(3)11(14)2/h6-7,9,12,19H,4-5,8H2,1-3H3,(H,26,27,31). The maximum atomic E-state index is 13.7. The van der Waals surface area contributed by atoms with Gasteiger partial charge in [-0.05, 0) is 32.8 Å². The van der Waals surface area contributed by atoms with Gasteiger partial charge in [0, 0.05) is 40.9 Å². The molecule has 0 radical (unpaired) electrons. The number of anilines is 1. The van der Waals surface area contributed by atoms with Gasteiger partial charge < -0.3 is 5.32 Å². The van der Waals surface area contributed by atoms with E-state index in [1.165, 1.54) is 22.1 Å². The molecule has 4 aromatic heterocycles. The first-order valence-electron chi connectivity index (χ1n) is 10.2. The number of alkyl halides is 2. The van der Waals surface area contributed by atoms with E-state index in [1.54, 1.807) is 17.8 Å². The van der Waals surface area contributed by atoms with Gasteiger partial charge in [0.1, 0.15) is 6.54 Å². The molecule has 32 heavy (non-hydrogen) atoms. The van der Waals surface area contributed by atoms with Gasteiger partial charge in [0.25, 0.3) is 6.43 Å². The third-order valence-corrected chi connectivity index (χ3v) is 6.47. The number of hydrogen-bond donors (Lipinski definition) is 1. The van der Waals surface area contributed by atoms with Crippen molar-refractivity contribution in [1.29, 1.82) is 0 Å². The first-order valence-corrected chi connectivity index (χ1v) is 11.1. The van der Waals surface area contributed by atoms with Gasteiger partial charge in [-0.3, -0.25) is 9.48 Å². The van der Waals surface area contributed by atoms with E-state index in [4.69, 9.17) is 0 Å². The predicted molar refractivity (Wildman–Crippen MR) is 117 cm³/mol. The number of halogens is 2. The molecular weight excluding hydrogens is 436 g/mol. The number of hydrogen-bond acceptors (Lipinski definition) is 6. The molecule has 1 aliphatic carbocycles. The monoisotopic (exact) mass is 457 g/mol. The molecule has 5 rings (SSSR count). The van der Waals surface area contributed by atoms with Gasteiger partial charge in [-0.2, -0.15) is 10.2 Å². The lowest BCUT2D eigenvalue weighted by Crippen LogP contribution is -2.19. The minimum atomic E-state index is -2.63. The van der Waals surface area contributed by atoms with Crippen LogP contribution in [-0.2, 0) is 18.4 Å². The molecule has 0 aliphatic heterocycles. The van der Waals surface area contributed by atoms with Crippen LogP contribution in [0, 0.1) is 13.8 Å². The zero-order valence-corrected chi connectivity index (χ0v) is 18.6. The lowest BCUT2D eigenvalue weighted by molar-refractivity contribution is -0.116. The smallest absolute Gasteiger partial charge is 0.264 e. The Hall–Kier alpha value is -3.21. The maximum Gasteiger partial charge on any atom is 0.264 e. The fourth-order valence-corrected chi connectivity index (χ4v) is 4.50. The van der Waals surface area contributed by atoms with Gasteiger partial charge in [0.15, 0.2) is 10.8 Å². The molecule has 8 nitrogen and oxygen atoms in total. The van der Waals surface area contributed by atoms with Crippen LogP contribution >= 0.6 is 11.3 Å². The summed E-state index contributed by atoms with van der Waals surface area (Å²) in [5.74, 6) is -0.144. The van der Waals surface area contributed by atoms with Crippen molar-refractivity contribution in [2.24, 2.45) is 7.05 Å². The zero-order valence-electron chi connectivity index (χ0n) is 17.8. The first-order chi connectivity index (χ1) is 15.3. The number of thiazole rings is 1. The van der Waals surface area contributed by atoms with Crippen LogP contribution in [0.2, 0.25) is 0 Å².